The van der Waals surface area contributed by atoms with Crippen LogP contribution in [0.1, 0.15) is 5.69 Å². The van der Waals surface area contributed by atoms with Crippen molar-refractivity contribution in [1.29, 1.82) is 0 Å². The van der Waals surface area contributed by atoms with Crippen molar-refractivity contribution in [2.24, 2.45) is 0 Å². The fourth-order valence-electron chi connectivity index (χ4n) is 2.34. The second-order valence-electron chi connectivity index (χ2n) is 5.62. The Hall–Kier alpha value is -3.13. The molecule has 0 amide bonds. The maximum Gasteiger partial charge on any atom is 0.344 e. The highest BCUT2D eigenvalue weighted by molar-refractivity contribution is 7.13. The van der Waals surface area contributed by atoms with Gasteiger partial charge in [0.05, 0.1) is 19.9 Å². The molecule has 0 fully saturated rings. The Morgan fingerprint density at radius 1 is 1.07 bits per heavy atom. The lowest BCUT2D eigenvalue weighted by molar-refractivity contribution is -0.147. The van der Waals surface area contributed by atoms with Crippen molar-refractivity contribution in [3.63, 3.8) is 0 Å². The highest BCUT2D eigenvalue weighted by Crippen LogP contribution is 2.33. The molecule has 1 aromatic heterocycles. The van der Waals surface area contributed by atoms with Gasteiger partial charge in [0.1, 0.15) is 23.2 Å². The lowest BCUT2D eigenvalue weighted by Gasteiger charge is -2.08. The number of methoxy groups -OCH3 is 2. The molecule has 0 bridgehead atoms. The van der Waals surface area contributed by atoms with Gasteiger partial charge in [0.2, 0.25) is 0 Å². The van der Waals surface area contributed by atoms with Crippen molar-refractivity contribution in [3.8, 4) is 27.8 Å². The standard InChI is InChI=1S/C20H18FNO5S/c1-24-17-8-3-13(9-18(17)25-2)20-22-15(12-28-20)10-27-19(23)11-26-16-6-4-14(21)5-7-16/h3-9,12H,10-11H2,1-2H3. The summed E-state index contributed by atoms with van der Waals surface area (Å²) in [5.74, 6) is 0.732. The van der Waals surface area contributed by atoms with Gasteiger partial charge in [-0.1, -0.05) is 0 Å². The minimum Gasteiger partial charge on any atom is -0.493 e. The number of esters is 1. The van der Waals surface area contributed by atoms with E-state index in [2.05, 4.69) is 4.98 Å². The van der Waals surface area contributed by atoms with E-state index in [1.165, 1.54) is 35.6 Å². The molecular formula is C20H18FNO5S. The highest BCUT2D eigenvalue weighted by Gasteiger charge is 2.11. The maximum absolute atomic E-state index is 12.8. The number of benzene rings is 2. The quantitative estimate of drug-likeness (QED) is 0.528. The molecule has 2 aromatic carbocycles. The van der Waals surface area contributed by atoms with Gasteiger partial charge in [0.25, 0.3) is 0 Å². The summed E-state index contributed by atoms with van der Waals surface area (Å²) in [4.78, 5) is 16.3. The summed E-state index contributed by atoms with van der Waals surface area (Å²) in [5.41, 5.74) is 1.50. The van der Waals surface area contributed by atoms with Crippen LogP contribution in [0.25, 0.3) is 10.6 Å². The minimum absolute atomic E-state index is 0.0371. The second kappa shape index (κ2) is 9.18. The summed E-state index contributed by atoms with van der Waals surface area (Å²) in [6, 6.07) is 10.9. The Bertz CT molecular complexity index is 942. The maximum atomic E-state index is 12.8. The molecule has 0 saturated heterocycles. The Balaban J connectivity index is 1.54. The molecule has 0 spiro atoms. The SMILES string of the molecule is COc1ccc(-c2nc(COC(=O)COc3ccc(F)cc3)cs2)cc1OC. The van der Waals surface area contributed by atoms with E-state index in [1.807, 2.05) is 23.6 Å². The molecule has 28 heavy (non-hydrogen) atoms. The molecule has 3 rings (SSSR count). The number of carbonyl (C=O) groups excluding carboxylic acids is 1. The first-order chi connectivity index (χ1) is 13.6. The molecule has 0 radical (unpaired) electrons. The number of halogens is 1. The van der Waals surface area contributed by atoms with Crippen LogP contribution in [0.15, 0.2) is 47.8 Å². The number of nitrogens with zero attached hydrogens (tertiary/aromatic N) is 1. The van der Waals surface area contributed by atoms with Crippen molar-refractivity contribution in [1.82, 2.24) is 4.98 Å². The van der Waals surface area contributed by atoms with Crippen LogP contribution in [0.3, 0.4) is 0 Å². The third-order valence-electron chi connectivity index (χ3n) is 3.73. The minimum atomic E-state index is -0.537. The lowest BCUT2D eigenvalue weighted by Crippen LogP contribution is -2.14. The summed E-state index contributed by atoms with van der Waals surface area (Å²) in [7, 11) is 3.15. The number of thiazole rings is 1. The largest absolute Gasteiger partial charge is 0.493 e. The van der Waals surface area contributed by atoms with E-state index < -0.39 is 5.97 Å². The van der Waals surface area contributed by atoms with E-state index in [0.717, 1.165) is 10.6 Å². The van der Waals surface area contributed by atoms with E-state index in [-0.39, 0.29) is 19.0 Å². The van der Waals surface area contributed by atoms with E-state index in [1.54, 1.807) is 14.2 Å². The van der Waals surface area contributed by atoms with Crippen molar-refractivity contribution in [2.45, 2.75) is 6.61 Å². The van der Waals surface area contributed by atoms with E-state index in [4.69, 9.17) is 18.9 Å². The zero-order chi connectivity index (χ0) is 19.9. The summed E-state index contributed by atoms with van der Waals surface area (Å²) in [6.45, 7) is -0.228. The number of ether oxygens (including phenoxy) is 4. The first-order valence-corrected chi connectivity index (χ1v) is 9.18. The van der Waals surface area contributed by atoms with Gasteiger partial charge in [-0.05, 0) is 42.5 Å². The molecule has 0 aliphatic carbocycles. The van der Waals surface area contributed by atoms with Gasteiger partial charge in [-0.15, -0.1) is 11.3 Å². The van der Waals surface area contributed by atoms with Crippen molar-refractivity contribution in [2.75, 3.05) is 20.8 Å². The molecule has 146 valence electrons. The highest BCUT2D eigenvalue weighted by atomic mass is 32.1. The Kier molecular flexibility index (Phi) is 6.44. The zero-order valence-electron chi connectivity index (χ0n) is 15.3. The summed E-state index contributed by atoms with van der Waals surface area (Å²) < 4.78 is 33.8. The number of rotatable bonds is 8. The molecule has 8 heteroatoms. The second-order valence-corrected chi connectivity index (χ2v) is 6.48. The smallest absolute Gasteiger partial charge is 0.344 e. The lowest BCUT2D eigenvalue weighted by atomic mass is 10.2. The fraction of sp³-hybridized carbons (Fsp3) is 0.200. The van der Waals surface area contributed by atoms with Crippen LogP contribution in [-0.2, 0) is 16.1 Å². The molecule has 0 aliphatic rings. The molecule has 6 nitrogen and oxygen atoms in total. The molecule has 3 aromatic rings. The molecule has 0 saturated carbocycles. The van der Waals surface area contributed by atoms with Crippen LogP contribution >= 0.6 is 11.3 Å². The number of aromatic nitrogens is 1. The molecule has 0 N–H and O–H groups in total. The van der Waals surface area contributed by atoms with Crippen LogP contribution in [-0.4, -0.2) is 31.8 Å². The summed E-state index contributed by atoms with van der Waals surface area (Å²) in [5, 5.41) is 2.59. The average molecular weight is 403 g/mol. The van der Waals surface area contributed by atoms with Crippen LogP contribution in [0.2, 0.25) is 0 Å². The monoisotopic (exact) mass is 403 g/mol. The Labute approximate surface area is 165 Å². The summed E-state index contributed by atoms with van der Waals surface area (Å²) >= 11 is 1.43. The van der Waals surface area contributed by atoms with Gasteiger partial charge in [-0.3, -0.25) is 0 Å². The third kappa shape index (κ3) is 4.98. The average Bonchev–Trinajstić information content (AvgIpc) is 3.20. The fourth-order valence-corrected chi connectivity index (χ4v) is 3.15. The van der Waals surface area contributed by atoms with E-state index >= 15 is 0 Å². The molecule has 1 heterocycles. The Morgan fingerprint density at radius 3 is 2.54 bits per heavy atom. The molecule has 0 atom stereocenters. The van der Waals surface area contributed by atoms with Crippen molar-refractivity contribution in [3.05, 3.63) is 59.4 Å². The topological polar surface area (TPSA) is 66.9 Å². The van der Waals surface area contributed by atoms with Crippen LogP contribution < -0.4 is 14.2 Å². The van der Waals surface area contributed by atoms with Gasteiger partial charge in [-0.25, -0.2) is 14.2 Å². The van der Waals surface area contributed by atoms with Crippen molar-refractivity contribution < 1.29 is 28.1 Å². The summed E-state index contributed by atoms with van der Waals surface area (Å²) in [6.07, 6.45) is 0. The molecular weight excluding hydrogens is 385 g/mol. The molecule has 0 aliphatic heterocycles. The van der Waals surface area contributed by atoms with E-state index in [0.29, 0.717) is 22.9 Å². The first-order valence-electron chi connectivity index (χ1n) is 8.30. The zero-order valence-corrected chi connectivity index (χ0v) is 16.1. The van der Waals surface area contributed by atoms with Crippen molar-refractivity contribution >= 4 is 17.3 Å². The number of carbonyl (C=O) groups is 1. The number of hydrogen-bond acceptors (Lipinski definition) is 7. The van der Waals surface area contributed by atoms with Crippen LogP contribution in [0.5, 0.6) is 17.2 Å². The number of hydrogen-bond donors (Lipinski definition) is 0. The predicted octanol–water partition coefficient (Wildman–Crippen LogP) is 4.09. The van der Waals surface area contributed by atoms with Gasteiger partial charge in [0.15, 0.2) is 18.1 Å². The Morgan fingerprint density at radius 2 is 1.82 bits per heavy atom. The van der Waals surface area contributed by atoms with E-state index in [9.17, 15) is 9.18 Å². The third-order valence-corrected chi connectivity index (χ3v) is 4.67. The first kappa shape index (κ1) is 19.6. The normalized spacial score (nSPS) is 10.4. The van der Waals surface area contributed by atoms with Crippen LogP contribution in [0, 0.1) is 5.82 Å². The van der Waals surface area contributed by atoms with Gasteiger partial charge in [-0.2, -0.15) is 0 Å². The molecule has 0 unspecified atom stereocenters. The van der Waals surface area contributed by atoms with Gasteiger partial charge in [0, 0.05) is 10.9 Å². The predicted molar refractivity (Wildman–Crippen MR) is 102 cm³/mol. The van der Waals surface area contributed by atoms with Crippen LogP contribution in [0.4, 0.5) is 4.39 Å². The van der Waals surface area contributed by atoms with Gasteiger partial charge >= 0.3 is 5.97 Å². The van der Waals surface area contributed by atoms with Gasteiger partial charge < -0.3 is 18.9 Å².